The van der Waals surface area contributed by atoms with Crippen LogP contribution in [0.5, 0.6) is 0 Å². The zero-order valence-corrected chi connectivity index (χ0v) is 12.6. The molecule has 0 aliphatic heterocycles. The fraction of sp³-hybridized carbons (Fsp3) is 0.105. The summed E-state index contributed by atoms with van der Waals surface area (Å²) < 4.78 is 0. The third-order valence-electron chi connectivity index (χ3n) is 3.59. The smallest absolute Gasteiger partial charge is 0.0708 e. The Morgan fingerprint density at radius 2 is 1.62 bits per heavy atom. The molecule has 3 aromatic rings. The molecule has 0 fully saturated rings. The zero-order valence-electron chi connectivity index (χ0n) is 11.9. The Bertz CT molecular complexity index is 733. The van der Waals surface area contributed by atoms with Gasteiger partial charge in [-0.2, -0.15) is 0 Å². The quantitative estimate of drug-likeness (QED) is 0.610. The van der Waals surface area contributed by atoms with Crippen molar-refractivity contribution in [2.24, 2.45) is 0 Å². The van der Waals surface area contributed by atoms with Crippen LogP contribution in [0.1, 0.15) is 12.5 Å². The van der Waals surface area contributed by atoms with Gasteiger partial charge in [-0.1, -0.05) is 61.0 Å². The summed E-state index contributed by atoms with van der Waals surface area (Å²) in [5.41, 5.74) is 5.80. The SMILES string of the molecule is CCc1cnc(-c2ccc(Cl)cc2)cc1-c1ccccc1. The molecule has 0 aliphatic carbocycles. The van der Waals surface area contributed by atoms with Gasteiger partial charge in [0, 0.05) is 16.8 Å². The van der Waals surface area contributed by atoms with Crippen molar-refractivity contribution in [1.29, 1.82) is 0 Å². The monoisotopic (exact) mass is 293 g/mol. The predicted molar refractivity (Wildman–Crippen MR) is 89.5 cm³/mol. The minimum Gasteiger partial charge on any atom is -0.256 e. The van der Waals surface area contributed by atoms with Crippen molar-refractivity contribution in [2.75, 3.05) is 0 Å². The molecule has 0 spiro atoms. The lowest BCUT2D eigenvalue weighted by molar-refractivity contribution is 1.11. The van der Waals surface area contributed by atoms with Gasteiger partial charge in [-0.15, -0.1) is 0 Å². The summed E-state index contributed by atoms with van der Waals surface area (Å²) in [4.78, 5) is 4.59. The fourth-order valence-corrected chi connectivity index (χ4v) is 2.56. The molecule has 2 aromatic carbocycles. The van der Waals surface area contributed by atoms with E-state index in [1.165, 1.54) is 16.7 Å². The number of rotatable bonds is 3. The standard InChI is InChI=1S/C19H16ClN/c1-2-14-13-21-19(16-8-10-17(20)11-9-16)12-18(14)15-6-4-3-5-7-15/h3-13H,2H2,1H3. The second kappa shape index (κ2) is 6.11. The number of pyridine rings is 1. The second-order valence-corrected chi connectivity index (χ2v) is 5.39. The molecule has 0 saturated carbocycles. The number of hydrogen-bond donors (Lipinski definition) is 0. The molecule has 0 radical (unpaired) electrons. The molecule has 0 amide bonds. The van der Waals surface area contributed by atoms with E-state index >= 15 is 0 Å². The molecular weight excluding hydrogens is 278 g/mol. The van der Waals surface area contributed by atoms with Crippen molar-refractivity contribution in [3.8, 4) is 22.4 Å². The minimum atomic E-state index is 0.743. The largest absolute Gasteiger partial charge is 0.256 e. The van der Waals surface area contributed by atoms with Gasteiger partial charge >= 0.3 is 0 Å². The highest BCUT2D eigenvalue weighted by Crippen LogP contribution is 2.28. The van der Waals surface area contributed by atoms with Crippen molar-refractivity contribution >= 4 is 11.6 Å². The lowest BCUT2D eigenvalue weighted by atomic mass is 9.98. The second-order valence-electron chi connectivity index (χ2n) is 4.95. The van der Waals surface area contributed by atoms with Gasteiger partial charge in [0.15, 0.2) is 0 Å². The Morgan fingerprint density at radius 1 is 0.905 bits per heavy atom. The lowest BCUT2D eigenvalue weighted by Crippen LogP contribution is -1.92. The molecule has 0 bridgehead atoms. The van der Waals surface area contributed by atoms with E-state index in [0.717, 1.165) is 22.7 Å². The van der Waals surface area contributed by atoms with E-state index in [1.54, 1.807) is 0 Å². The maximum atomic E-state index is 5.95. The molecular formula is C19H16ClN. The maximum Gasteiger partial charge on any atom is 0.0708 e. The first-order valence-electron chi connectivity index (χ1n) is 7.08. The molecule has 21 heavy (non-hydrogen) atoms. The maximum absolute atomic E-state index is 5.95. The molecule has 1 nitrogen and oxygen atoms in total. The van der Waals surface area contributed by atoms with E-state index in [1.807, 2.05) is 36.5 Å². The molecule has 0 N–H and O–H groups in total. The summed E-state index contributed by atoms with van der Waals surface area (Å²) in [6, 6.07) is 20.4. The van der Waals surface area contributed by atoms with E-state index in [0.29, 0.717) is 0 Å². The number of halogens is 1. The van der Waals surface area contributed by atoms with Gasteiger partial charge < -0.3 is 0 Å². The number of hydrogen-bond acceptors (Lipinski definition) is 1. The first kappa shape index (κ1) is 13.8. The van der Waals surface area contributed by atoms with Crippen LogP contribution in [0.3, 0.4) is 0 Å². The van der Waals surface area contributed by atoms with Gasteiger partial charge in [-0.25, -0.2) is 0 Å². The van der Waals surface area contributed by atoms with Crippen LogP contribution in [-0.2, 0) is 6.42 Å². The minimum absolute atomic E-state index is 0.743. The summed E-state index contributed by atoms with van der Waals surface area (Å²) in [5, 5.41) is 0.743. The summed E-state index contributed by atoms with van der Waals surface area (Å²) in [5.74, 6) is 0. The lowest BCUT2D eigenvalue weighted by Gasteiger charge is -2.10. The van der Waals surface area contributed by atoms with Crippen molar-refractivity contribution in [2.45, 2.75) is 13.3 Å². The normalized spacial score (nSPS) is 10.6. The van der Waals surface area contributed by atoms with Crippen molar-refractivity contribution < 1.29 is 0 Å². The first-order valence-corrected chi connectivity index (χ1v) is 7.46. The van der Waals surface area contributed by atoms with Gasteiger partial charge in [-0.3, -0.25) is 4.98 Å². The summed E-state index contributed by atoms with van der Waals surface area (Å²) in [6.07, 6.45) is 2.95. The Balaban J connectivity index is 2.11. The van der Waals surface area contributed by atoms with E-state index in [-0.39, 0.29) is 0 Å². The van der Waals surface area contributed by atoms with Gasteiger partial charge in [-0.05, 0) is 41.3 Å². The van der Waals surface area contributed by atoms with Crippen LogP contribution in [0.15, 0.2) is 66.9 Å². The van der Waals surface area contributed by atoms with E-state index in [9.17, 15) is 0 Å². The Morgan fingerprint density at radius 3 is 2.29 bits per heavy atom. The first-order chi connectivity index (χ1) is 10.3. The molecule has 1 aromatic heterocycles. The average Bonchev–Trinajstić information content (AvgIpc) is 2.56. The number of aryl methyl sites for hydroxylation is 1. The highest BCUT2D eigenvalue weighted by atomic mass is 35.5. The van der Waals surface area contributed by atoms with Crippen LogP contribution in [0, 0.1) is 0 Å². The van der Waals surface area contributed by atoms with Crippen LogP contribution in [0.2, 0.25) is 5.02 Å². The molecule has 3 rings (SSSR count). The van der Waals surface area contributed by atoms with Crippen LogP contribution in [0.25, 0.3) is 22.4 Å². The highest BCUT2D eigenvalue weighted by molar-refractivity contribution is 6.30. The van der Waals surface area contributed by atoms with Crippen molar-refractivity contribution in [3.05, 3.63) is 77.4 Å². The molecule has 1 heterocycles. The number of aromatic nitrogens is 1. The third kappa shape index (κ3) is 2.98. The number of nitrogens with zero attached hydrogens (tertiary/aromatic N) is 1. The van der Waals surface area contributed by atoms with Crippen LogP contribution >= 0.6 is 11.6 Å². The fourth-order valence-electron chi connectivity index (χ4n) is 2.43. The van der Waals surface area contributed by atoms with E-state index < -0.39 is 0 Å². The van der Waals surface area contributed by atoms with Crippen molar-refractivity contribution in [1.82, 2.24) is 4.98 Å². The molecule has 0 saturated heterocycles. The Hall–Kier alpha value is -2.12. The summed E-state index contributed by atoms with van der Waals surface area (Å²) in [6.45, 7) is 2.16. The molecule has 104 valence electrons. The van der Waals surface area contributed by atoms with E-state index in [4.69, 9.17) is 11.6 Å². The van der Waals surface area contributed by atoms with Gasteiger partial charge in [0.2, 0.25) is 0 Å². The van der Waals surface area contributed by atoms with Gasteiger partial charge in [0.25, 0.3) is 0 Å². The molecule has 0 unspecified atom stereocenters. The average molecular weight is 294 g/mol. The van der Waals surface area contributed by atoms with Crippen LogP contribution in [-0.4, -0.2) is 4.98 Å². The Kier molecular flexibility index (Phi) is 4.03. The number of benzene rings is 2. The van der Waals surface area contributed by atoms with Gasteiger partial charge in [0.1, 0.15) is 0 Å². The molecule has 0 atom stereocenters. The Labute approximate surface area is 130 Å². The molecule has 2 heteroatoms. The van der Waals surface area contributed by atoms with Crippen LogP contribution < -0.4 is 0 Å². The zero-order chi connectivity index (χ0) is 14.7. The predicted octanol–water partition coefficient (Wildman–Crippen LogP) is 5.63. The summed E-state index contributed by atoms with van der Waals surface area (Å²) in [7, 11) is 0. The highest BCUT2D eigenvalue weighted by Gasteiger charge is 2.07. The van der Waals surface area contributed by atoms with Gasteiger partial charge in [0.05, 0.1) is 5.69 Å². The molecule has 0 aliphatic rings. The third-order valence-corrected chi connectivity index (χ3v) is 3.84. The van der Waals surface area contributed by atoms with Crippen LogP contribution in [0.4, 0.5) is 0 Å². The topological polar surface area (TPSA) is 12.9 Å². The van der Waals surface area contributed by atoms with Crippen molar-refractivity contribution in [3.63, 3.8) is 0 Å². The summed E-state index contributed by atoms with van der Waals surface area (Å²) >= 11 is 5.95. The van der Waals surface area contributed by atoms with E-state index in [2.05, 4.69) is 42.2 Å².